The molecule has 0 aromatic rings. The number of rotatable bonds is 1. The molecule has 104 valence electrons. The van der Waals surface area contributed by atoms with Crippen LogP contribution in [0.15, 0.2) is 22.9 Å². The second-order valence-electron chi connectivity index (χ2n) is 6.73. The minimum absolute atomic E-state index is 0.0181. The summed E-state index contributed by atoms with van der Waals surface area (Å²) < 4.78 is 0. The maximum atomic E-state index is 12.2. The number of hydrogen-bond donors (Lipinski definition) is 0. The van der Waals surface area contributed by atoms with Gasteiger partial charge in [-0.1, -0.05) is 41.5 Å². The molecule has 5 nitrogen and oxygen atoms in total. The Morgan fingerprint density at radius 3 is 1.74 bits per heavy atom. The molecule has 5 heteroatoms. The lowest BCUT2D eigenvalue weighted by Gasteiger charge is -2.28. The third kappa shape index (κ3) is 2.80. The van der Waals surface area contributed by atoms with E-state index in [1.807, 2.05) is 0 Å². The summed E-state index contributed by atoms with van der Waals surface area (Å²) >= 11 is 0. The summed E-state index contributed by atoms with van der Waals surface area (Å²) in [4.78, 5) is 34.9. The summed E-state index contributed by atoms with van der Waals surface area (Å²) in [5.41, 5.74) is -1.43. The predicted molar refractivity (Wildman–Crippen MR) is 71.0 cm³/mol. The van der Waals surface area contributed by atoms with Crippen molar-refractivity contribution in [1.29, 1.82) is 0 Å². The van der Waals surface area contributed by atoms with Gasteiger partial charge in [-0.15, -0.1) is 0 Å². The topological polar surface area (TPSA) is 77.3 Å². The molecule has 1 rings (SSSR count). The highest BCUT2D eigenvalue weighted by molar-refractivity contribution is 6.50. The monoisotopic (exact) mass is 265 g/mol. The third-order valence-electron chi connectivity index (χ3n) is 2.97. The fourth-order valence-corrected chi connectivity index (χ4v) is 2.05. The molecule has 0 N–H and O–H groups in total. The van der Waals surface area contributed by atoms with Crippen molar-refractivity contribution in [3.63, 3.8) is 0 Å². The van der Waals surface area contributed by atoms with E-state index >= 15 is 0 Å². The Morgan fingerprint density at radius 2 is 1.42 bits per heavy atom. The van der Waals surface area contributed by atoms with Crippen LogP contribution < -0.4 is 0 Å². The van der Waals surface area contributed by atoms with Crippen LogP contribution in [-0.2, 0) is 9.59 Å². The summed E-state index contributed by atoms with van der Waals surface area (Å²) in [6.07, 6.45) is 1.25. The first kappa shape index (κ1) is 15.3. The third-order valence-corrected chi connectivity index (χ3v) is 2.97. The zero-order chi connectivity index (χ0) is 15.2. The summed E-state index contributed by atoms with van der Waals surface area (Å²) in [7, 11) is 0. The fraction of sp³-hybridized carbons (Fsp3) is 0.571. The minimum atomic E-state index is -0.758. The number of allylic oxidation sites excluding steroid dienone is 3. The zero-order valence-corrected chi connectivity index (χ0v) is 12.2. The van der Waals surface area contributed by atoms with Crippen LogP contribution in [0.25, 0.3) is 0 Å². The molecular weight excluding hydrogens is 246 g/mol. The van der Waals surface area contributed by atoms with Gasteiger partial charge in [0.15, 0.2) is 0 Å². The second-order valence-corrected chi connectivity index (χ2v) is 6.73. The van der Waals surface area contributed by atoms with E-state index in [0.29, 0.717) is 0 Å². The molecule has 0 aliphatic heterocycles. The molecule has 0 unspecified atom stereocenters. The number of nitrogens with zero attached hydrogens (tertiary/aromatic N) is 1. The molecule has 0 aromatic heterocycles. The molecule has 0 amide bonds. The lowest BCUT2D eigenvalue weighted by atomic mass is 9.73. The van der Waals surface area contributed by atoms with Crippen LogP contribution in [0.3, 0.4) is 0 Å². The van der Waals surface area contributed by atoms with Crippen molar-refractivity contribution in [3.05, 3.63) is 33.0 Å². The molecule has 0 fully saturated rings. The van der Waals surface area contributed by atoms with E-state index in [0.717, 1.165) is 0 Å². The standard InChI is InChI=1S/C14H19NO4/c1-13(2,3)8-7-9(15(18)19)10(14(4,5)6)12(17)11(8)16/h7H,1-6H3. The van der Waals surface area contributed by atoms with Gasteiger partial charge in [0.05, 0.1) is 10.5 Å². The van der Waals surface area contributed by atoms with Crippen LogP contribution in [0.4, 0.5) is 0 Å². The summed E-state index contributed by atoms with van der Waals surface area (Å²) in [5, 5.41) is 11.2. The quantitative estimate of drug-likeness (QED) is 0.316. The SMILES string of the molecule is CC(C)(C)C1=CC([N+](=O)[O-])=C(C(C)(C)C)C(=O)C1=O. The lowest BCUT2D eigenvalue weighted by Crippen LogP contribution is -2.35. The van der Waals surface area contributed by atoms with E-state index in [-0.39, 0.29) is 16.8 Å². The molecule has 0 heterocycles. The maximum absolute atomic E-state index is 12.2. The van der Waals surface area contributed by atoms with Crippen LogP contribution in [0.5, 0.6) is 0 Å². The van der Waals surface area contributed by atoms with Crippen LogP contribution in [0, 0.1) is 20.9 Å². The van der Waals surface area contributed by atoms with Crippen molar-refractivity contribution in [1.82, 2.24) is 0 Å². The Hall–Kier alpha value is -1.78. The first-order valence-corrected chi connectivity index (χ1v) is 6.07. The van der Waals surface area contributed by atoms with E-state index < -0.39 is 27.3 Å². The van der Waals surface area contributed by atoms with Gasteiger partial charge in [-0.2, -0.15) is 0 Å². The second kappa shape index (κ2) is 4.40. The molecule has 0 spiro atoms. The van der Waals surface area contributed by atoms with Crippen molar-refractivity contribution < 1.29 is 14.5 Å². The highest BCUT2D eigenvalue weighted by Gasteiger charge is 2.43. The van der Waals surface area contributed by atoms with Gasteiger partial charge >= 0.3 is 0 Å². The maximum Gasteiger partial charge on any atom is 0.277 e. The zero-order valence-electron chi connectivity index (χ0n) is 12.2. The molecule has 0 bridgehead atoms. The molecule has 1 aliphatic carbocycles. The average molecular weight is 265 g/mol. The van der Waals surface area contributed by atoms with Crippen molar-refractivity contribution in [2.24, 2.45) is 10.8 Å². The van der Waals surface area contributed by atoms with Crippen molar-refractivity contribution >= 4 is 11.6 Å². The van der Waals surface area contributed by atoms with Gasteiger partial charge in [-0.25, -0.2) is 0 Å². The first-order valence-electron chi connectivity index (χ1n) is 6.07. The number of nitro groups is 1. The Labute approximate surface area is 112 Å². The Kier molecular flexibility index (Phi) is 3.54. The van der Waals surface area contributed by atoms with Crippen molar-refractivity contribution in [3.8, 4) is 0 Å². The van der Waals surface area contributed by atoms with Crippen molar-refractivity contribution in [2.45, 2.75) is 41.5 Å². The number of ketones is 2. The van der Waals surface area contributed by atoms with E-state index in [4.69, 9.17) is 0 Å². The van der Waals surface area contributed by atoms with Gasteiger partial charge in [0, 0.05) is 11.6 Å². The predicted octanol–water partition coefficient (Wildman–Crippen LogP) is 2.69. The smallest absolute Gasteiger partial charge is 0.277 e. The van der Waals surface area contributed by atoms with E-state index in [1.54, 1.807) is 41.5 Å². The van der Waals surface area contributed by atoms with Gasteiger partial charge in [0.1, 0.15) is 0 Å². The first-order chi connectivity index (χ1) is 8.37. The molecular formula is C14H19NO4. The molecule has 0 aromatic carbocycles. The molecule has 1 aliphatic rings. The summed E-state index contributed by atoms with van der Waals surface area (Å²) in [6, 6.07) is 0. The van der Waals surface area contributed by atoms with E-state index in [9.17, 15) is 19.7 Å². The van der Waals surface area contributed by atoms with Gasteiger partial charge in [-0.05, 0) is 10.8 Å². The largest absolute Gasteiger partial charge is 0.285 e. The molecule has 0 atom stereocenters. The van der Waals surface area contributed by atoms with E-state index in [2.05, 4.69) is 0 Å². The van der Waals surface area contributed by atoms with Crippen LogP contribution >= 0.6 is 0 Å². The van der Waals surface area contributed by atoms with E-state index in [1.165, 1.54) is 6.08 Å². The molecule has 19 heavy (non-hydrogen) atoms. The summed E-state index contributed by atoms with van der Waals surface area (Å²) in [6.45, 7) is 10.3. The fourth-order valence-electron chi connectivity index (χ4n) is 2.05. The Balaban J connectivity index is 3.65. The minimum Gasteiger partial charge on any atom is -0.285 e. The number of hydrogen-bond acceptors (Lipinski definition) is 4. The Bertz CT molecular complexity index is 525. The van der Waals surface area contributed by atoms with Gasteiger partial charge in [-0.3, -0.25) is 19.7 Å². The highest BCUT2D eigenvalue weighted by atomic mass is 16.6. The van der Waals surface area contributed by atoms with Crippen LogP contribution in [0.1, 0.15) is 41.5 Å². The molecule has 0 saturated carbocycles. The number of carbonyl (C=O) groups excluding carboxylic acids is 2. The highest BCUT2D eigenvalue weighted by Crippen LogP contribution is 2.38. The number of Topliss-reactive ketones (excluding diaryl/α,β-unsaturated/α-hetero) is 2. The summed E-state index contributed by atoms with van der Waals surface area (Å²) in [5.74, 6) is -1.39. The van der Waals surface area contributed by atoms with Gasteiger partial charge in [0.25, 0.3) is 5.70 Å². The molecule has 0 saturated heterocycles. The van der Waals surface area contributed by atoms with Crippen LogP contribution in [0.2, 0.25) is 0 Å². The normalized spacial score (nSPS) is 17.7. The number of carbonyl (C=O) groups is 2. The lowest BCUT2D eigenvalue weighted by molar-refractivity contribution is -0.420. The van der Waals surface area contributed by atoms with Gasteiger partial charge in [0.2, 0.25) is 11.6 Å². The van der Waals surface area contributed by atoms with Crippen LogP contribution in [-0.4, -0.2) is 16.5 Å². The average Bonchev–Trinajstić information content (AvgIpc) is 2.17. The Morgan fingerprint density at radius 1 is 0.947 bits per heavy atom. The van der Waals surface area contributed by atoms with Crippen molar-refractivity contribution in [2.75, 3.05) is 0 Å². The molecule has 0 radical (unpaired) electrons. The van der Waals surface area contributed by atoms with Gasteiger partial charge < -0.3 is 0 Å².